The highest BCUT2D eigenvalue weighted by Crippen LogP contribution is 2.67. The van der Waals surface area contributed by atoms with Gasteiger partial charge in [-0.3, -0.25) is 9.59 Å². The molecule has 2 N–H and O–H groups in total. The molecule has 4 fully saturated rings. The zero-order chi connectivity index (χ0) is 21.8. The topological polar surface area (TPSA) is 83.8 Å². The molecule has 10 atom stereocenters. The summed E-state index contributed by atoms with van der Waals surface area (Å²) in [6, 6.07) is 0. The largest absolute Gasteiger partial charge is 0.469 e. The number of hydrogen-bond acceptors (Lipinski definition) is 5. The van der Waals surface area contributed by atoms with Crippen LogP contribution in [0.1, 0.15) is 78.6 Å². The van der Waals surface area contributed by atoms with Crippen LogP contribution in [0.4, 0.5) is 0 Å². The summed E-state index contributed by atoms with van der Waals surface area (Å²) >= 11 is 0. The van der Waals surface area contributed by atoms with Crippen LogP contribution in [0.2, 0.25) is 0 Å². The van der Waals surface area contributed by atoms with E-state index in [-0.39, 0.29) is 34.4 Å². The Balaban J connectivity index is 1.57. The molecule has 0 unspecified atom stereocenters. The van der Waals surface area contributed by atoms with Gasteiger partial charge in [-0.05, 0) is 91.8 Å². The number of carbonyl (C=O) groups is 2. The summed E-state index contributed by atoms with van der Waals surface area (Å²) in [6.07, 6.45) is 6.58. The first-order valence-electron chi connectivity index (χ1n) is 12.1. The number of ketones is 1. The number of Topliss-reactive ketones (excluding diaryl/α,β-unsaturated/α-hetero) is 1. The maximum absolute atomic E-state index is 13.3. The average molecular weight is 421 g/mol. The minimum atomic E-state index is -0.882. The molecule has 0 amide bonds. The fraction of sp³-hybridized carbons (Fsp3) is 0.920. The lowest BCUT2D eigenvalue weighted by Crippen LogP contribution is -2.62. The van der Waals surface area contributed by atoms with Gasteiger partial charge in [0.15, 0.2) is 5.78 Å². The standard InChI is InChI=1S/C25H40O5/c1-14(5-8-20(27)30-4)16-6-7-17-21-18(10-12-24(16,17)2)25(3)11-9-15(26)13-19(25)22(28)23(21)29/h14-19,21,23,26,29H,5-13H2,1-4H3/t14-,15-,16-,17+,18+,19+,21+,23+,24-,25-/m1/s1. The van der Waals surface area contributed by atoms with Crippen molar-refractivity contribution in [3.05, 3.63) is 0 Å². The van der Waals surface area contributed by atoms with Crippen molar-refractivity contribution in [1.82, 2.24) is 0 Å². The Morgan fingerprint density at radius 1 is 1.10 bits per heavy atom. The smallest absolute Gasteiger partial charge is 0.305 e. The van der Waals surface area contributed by atoms with Crippen molar-refractivity contribution in [2.45, 2.75) is 90.8 Å². The predicted molar refractivity (Wildman–Crippen MR) is 113 cm³/mol. The number of esters is 1. The van der Waals surface area contributed by atoms with Gasteiger partial charge in [-0.1, -0.05) is 20.8 Å². The lowest BCUT2D eigenvalue weighted by atomic mass is 9.43. The number of hydrogen-bond donors (Lipinski definition) is 2. The van der Waals surface area contributed by atoms with Crippen molar-refractivity contribution in [2.24, 2.45) is 46.3 Å². The van der Waals surface area contributed by atoms with Crippen LogP contribution in [-0.4, -0.2) is 41.3 Å². The Hall–Kier alpha value is -0.940. The molecular weight excluding hydrogens is 380 g/mol. The molecule has 0 spiro atoms. The fourth-order valence-corrected chi connectivity index (χ4v) is 8.62. The van der Waals surface area contributed by atoms with Crippen LogP contribution >= 0.6 is 0 Å². The third-order valence-corrected chi connectivity index (χ3v) is 10.3. The number of ether oxygens (including phenoxy) is 1. The molecule has 0 aromatic carbocycles. The molecule has 0 heterocycles. The molecule has 4 saturated carbocycles. The minimum Gasteiger partial charge on any atom is -0.469 e. The third kappa shape index (κ3) is 3.26. The van der Waals surface area contributed by atoms with E-state index in [2.05, 4.69) is 20.8 Å². The van der Waals surface area contributed by atoms with E-state index in [1.807, 2.05) is 0 Å². The van der Waals surface area contributed by atoms with Gasteiger partial charge in [0.05, 0.1) is 13.2 Å². The monoisotopic (exact) mass is 420 g/mol. The summed E-state index contributed by atoms with van der Waals surface area (Å²) in [4.78, 5) is 24.9. The fourth-order valence-electron chi connectivity index (χ4n) is 8.62. The van der Waals surface area contributed by atoms with Gasteiger partial charge in [0.25, 0.3) is 0 Å². The van der Waals surface area contributed by atoms with Crippen molar-refractivity contribution < 1.29 is 24.5 Å². The lowest BCUT2D eigenvalue weighted by molar-refractivity contribution is -0.184. The van der Waals surface area contributed by atoms with Gasteiger partial charge in [-0.25, -0.2) is 0 Å². The summed E-state index contributed by atoms with van der Waals surface area (Å²) in [5.41, 5.74) is 0.0332. The first kappa shape index (κ1) is 22.3. The van der Waals surface area contributed by atoms with Gasteiger partial charge < -0.3 is 14.9 Å². The van der Waals surface area contributed by atoms with E-state index >= 15 is 0 Å². The number of aliphatic hydroxyl groups is 2. The van der Waals surface area contributed by atoms with Crippen molar-refractivity contribution >= 4 is 11.8 Å². The predicted octanol–water partition coefficient (Wildman–Crippen LogP) is 3.75. The lowest BCUT2D eigenvalue weighted by Gasteiger charge is -2.61. The molecule has 0 bridgehead atoms. The Morgan fingerprint density at radius 3 is 2.47 bits per heavy atom. The van der Waals surface area contributed by atoms with E-state index in [0.29, 0.717) is 36.5 Å². The van der Waals surface area contributed by atoms with Crippen molar-refractivity contribution in [3.63, 3.8) is 0 Å². The number of aliphatic hydroxyl groups excluding tert-OH is 2. The summed E-state index contributed by atoms with van der Waals surface area (Å²) in [5, 5.41) is 21.4. The number of carbonyl (C=O) groups excluding carboxylic acids is 2. The van der Waals surface area contributed by atoms with Crippen LogP contribution < -0.4 is 0 Å². The maximum atomic E-state index is 13.3. The Kier molecular flexibility index (Phi) is 5.85. The van der Waals surface area contributed by atoms with Gasteiger partial charge in [-0.15, -0.1) is 0 Å². The van der Waals surface area contributed by atoms with Crippen LogP contribution in [0.3, 0.4) is 0 Å². The summed E-state index contributed by atoms with van der Waals surface area (Å²) < 4.78 is 4.83. The van der Waals surface area contributed by atoms with E-state index < -0.39 is 12.2 Å². The highest BCUT2D eigenvalue weighted by molar-refractivity contribution is 5.87. The zero-order valence-corrected chi connectivity index (χ0v) is 19.1. The molecule has 170 valence electrons. The van der Waals surface area contributed by atoms with Crippen LogP contribution in [0.15, 0.2) is 0 Å². The summed E-state index contributed by atoms with van der Waals surface area (Å²) in [5.74, 6) is 1.38. The molecule has 30 heavy (non-hydrogen) atoms. The second-order valence-corrected chi connectivity index (χ2v) is 11.4. The van der Waals surface area contributed by atoms with E-state index in [0.717, 1.165) is 44.9 Å². The van der Waals surface area contributed by atoms with Gasteiger partial charge in [0.2, 0.25) is 0 Å². The quantitative estimate of drug-likeness (QED) is 0.677. The number of rotatable bonds is 4. The Morgan fingerprint density at radius 2 is 1.77 bits per heavy atom. The normalized spacial score (nSPS) is 49.0. The SMILES string of the molecule is COC(=O)CC[C@@H](C)[C@H]1CC[C@H]2[C@@H]3[C@H](O)C(=O)[C@@H]4C[C@H](O)CC[C@]4(C)[C@H]3CC[C@]12C. The van der Waals surface area contributed by atoms with Crippen LogP contribution in [-0.2, 0) is 14.3 Å². The summed E-state index contributed by atoms with van der Waals surface area (Å²) in [6.45, 7) is 6.91. The average Bonchev–Trinajstić information content (AvgIpc) is 3.08. The van der Waals surface area contributed by atoms with E-state index in [1.54, 1.807) is 0 Å². The molecule has 5 nitrogen and oxygen atoms in total. The van der Waals surface area contributed by atoms with E-state index in [4.69, 9.17) is 4.74 Å². The van der Waals surface area contributed by atoms with Crippen molar-refractivity contribution in [3.8, 4) is 0 Å². The Bertz CT molecular complexity index is 691. The van der Waals surface area contributed by atoms with Gasteiger partial charge >= 0.3 is 5.97 Å². The molecule has 5 heteroatoms. The summed E-state index contributed by atoms with van der Waals surface area (Å²) in [7, 11) is 1.45. The highest BCUT2D eigenvalue weighted by Gasteiger charge is 2.65. The molecule has 0 aliphatic heterocycles. The molecule has 0 radical (unpaired) electrons. The van der Waals surface area contributed by atoms with Gasteiger partial charge in [-0.2, -0.15) is 0 Å². The van der Waals surface area contributed by atoms with E-state index in [1.165, 1.54) is 7.11 Å². The van der Waals surface area contributed by atoms with Crippen molar-refractivity contribution in [1.29, 1.82) is 0 Å². The van der Waals surface area contributed by atoms with Crippen LogP contribution in [0.5, 0.6) is 0 Å². The first-order chi connectivity index (χ1) is 14.1. The van der Waals surface area contributed by atoms with Gasteiger partial charge in [0.1, 0.15) is 6.10 Å². The third-order valence-electron chi connectivity index (χ3n) is 10.3. The van der Waals surface area contributed by atoms with Crippen LogP contribution in [0, 0.1) is 46.3 Å². The molecule has 4 rings (SSSR count). The molecule has 0 aromatic heterocycles. The second kappa shape index (κ2) is 7.88. The Labute approximate surface area is 180 Å². The molecule has 0 aromatic rings. The first-order valence-corrected chi connectivity index (χ1v) is 12.1. The highest BCUT2D eigenvalue weighted by atomic mass is 16.5. The molecule has 4 aliphatic carbocycles. The van der Waals surface area contributed by atoms with Crippen molar-refractivity contribution in [2.75, 3.05) is 7.11 Å². The minimum absolute atomic E-state index is 0.0102. The van der Waals surface area contributed by atoms with Gasteiger partial charge in [0, 0.05) is 12.3 Å². The van der Waals surface area contributed by atoms with Crippen LogP contribution in [0.25, 0.3) is 0 Å². The molecule has 0 saturated heterocycles. The zero-order valence-electron chi connectivity index (χ0n) is 19.1. The number of fused-ring (bicyclic) bond motifs is 5. The van der Waals surface area contributed by atoms with E-state index in [9.17, 15) is 19.8 Å². The maximum Gasteiger partial charge on any atom is 0.305 e. The molecular formula is C25H40O5. The second-order valence-electron chi connectivity index (χ2n) is 11.4. The number of methoxy groups -OCH3 is 1. The molecule has 4 aliphatic rings.